The molecule has 0 bridgehead atoms. The maximum absolute atomic E-state index is 14.1. The van der Waals surface area contributed by atoms with Gasteiger partial charge in [0.25, 0.3) is 0 Å². The molecule has 15 heteroatoms. The fourth-order valence-corrected chi connectivity index (χ4v) is 4.19. The number of rotatable bonds is 6. The molecule has 0 aliphatic carbocycles. The summed E-state index contributed by atoms with van der Waals surface area (Å²) in [5.74, 6) is 0.203. The van der Waals surface area contributed by atoms with Crippen LogP contribution in [0.1, 0.15) is 11.1 Å². The van der Waals surface area contributed by atoms with Crippen LogP contribution in [0.4, 0.5) is 43.7 Å². The molecule has 9 nitrogen and oxygen atoms in total. The summed E-state index contributed by atoms with van der Waals surface area (Å²) in [4.78, 5) is 20.2. The fourth-order valence-electron chi connectivity index (χ4n) is 4.19. The van der Waals surface area contributed by atoms with Crippen LogP contribution in [0.2, 0.25) is 0 Å². The molecule has 5 rings (SSSR count). The van der Waals surface area contributed by atoms with Crippen molar-refractivity contribution in [1.82, 2.24) is 35.0 Å². The van der Waals surface area contributed by atoms with Crippen LogP contribution < -0.4 is 10.2 Å². The molecular formula is C25H21F6N9. The van der Waals surface area contributed by atoms with E-state index in [9.17, 15) is 26.3 Å². The number of hydrogen-bond acceptors (Lipinski definition) is 9. The fraction of sp³-hybridized carbons (Fsp3) is 0.280. The molecule has 1 N–H and O–H groups in total. The summed E-state index contributed by atoms with van der Waals surface area (Å²) in [6, 6.07) is 4.45. The predicted molar refractivity (Wildman–Crippen MR) is 135 cm³/mol. The van der Waals surface area contributed by atoms with Crippen LogP contribution in [-0.4, -0.2) is 67.8 Å². The summed E-state index contributed by atoms with van der Waals surface area (Å²) < 4.78 is 80.8. The van der Waals surface area contributed by atoms with E-state index in [0.717, 1.165) is 24.4 Å². The van der Waals surface area contributed by atoms with E-state index in [1.165, 1.54) is 12.3 Å². The maximum atomic E-state index is 14.1. The number of nitrogens with zero attached hydrogens (tertiary/aromatic N) is 8. The number of anilines is 3. The highest BCUT2D eigenvalue weighted by Crippen LogP contribution is 2.37. The zero-order valence-electron chi connectivity index (χ0n) is 20.7. The lowest BCUT2D eigenvalue weighted by Crippen LogP contribution is -2.46. The zero-order chi connectivity index (χ0) is 28.5. The minimum Gasteiger partial charge on any atom is -0.353 e. The van der Waals surface area contributed by atoms with Gasteiger partial charge in [-0.05, 0) is 24.3 Å². The van der Waals surface area contributed by atoms with Crippen LogP contribution in [0.3, 0.4) is 0 Å². The van der Waals surface area contributed by atoms with E-state index in [4.69, 9.17) is 0 Å². The molecule has 0 saturated carbocycles. The van der Waals surface area contributed by atoms with E-state index in [1.807, 2.05) is 0 Å². The van der Waals surface area contributed by atoms with Crippen LogP contribution in [0, 0.1) is 0 Å². The quantitative estimate of drug-likeness (QED) is 0.259. The van der Waals surface area contributed by atoms with Crippen molar-refractivity contribution in [3.05, 3.63) is 66.6 Å². The van der Waals surface area contributed by atoms with Crippen LogP contribution in [0.15, 0.2) is 55.5 Å². The molecule has 4 aromatic rings. The highest BCUT2D eigenvalue weighted by molar-refractivity contribution is 5.87. The molecule has 1 saturated heterocycles. The van der Waals surface area contributed by atoms with Crippen molar-refractivity contribution in [3.63, 3.8) is 0 Å². The molecule has 1 fully saturated rings. The van der Waals surface area contributed by atoms with Crippen LogP contribution in [-0.2, 0) is 12.4 Å². The second-order valence-corrected chi connectivity index (χ2v) is 8.88. The number of aromatic nitrogens is 6. The van der Waals surface area contributed by atoms with Crippen molar-refractivity contribution in [1.29, 1.82) is 0 Å². The van der Waals surface area contributed by atoms with Gasteiger partial charge in [-0.15, -0.1) is 16.8 Å². The minimum atomic E-state index is -4.74. The van der Waals surface area contributed by atoms with Gasteiger partial charge in [0.2, 0.25) is 0 Å². The number of hydrogen-bond donors (Lipinski definition) is 1. The third-order valence-corrected chi connectivity index (χ3v) is 6.21. The Hall–Kier alpha value is -4.40. The third kappa shape index (κ3) is 5.78. The Bertz CT molecular complexity index is 1510. The molecule has 1 aliphatic rings. The van der Waals surface area contributed by atoms with E-state index in [0.29, 0.717) is 44.6 Å². The van der Waals surface area contributed by atoms with Gasteiger partial charge < -0.3 is 10.2 Å². The normalized spacial score (nSPS) is 14.9. The standard InChI is InChI=1S/C25H21F6N9/c1-2-7-39-8-10-40(11-9-39)20-12-16(25(29,30)31)21(38-37-20)18-14-34-22-17(5-6-32-23(22)36-18)35-19-4-3-15(13-33-19)24(26,27)28/h2-6,12-14H,1,7-11H2,(H,32,33,35,36). The van der Waals surface area contributed by atoms with Crippen molar-refractivity contribution in [3.8, 4) is 11.4 Å². The van der Waals surface area contributed by atoms with Crippen molar-refractivity contribution in [2.75, 3.05) is 42.9 Å². The molecule has 0 aromatic carbocycles. The van der Waals surface area contributed by atoms with E-state index < -0.39 is 29.2 Å². The Labute approximate surface area is 223 Å². The van der Waals surface area contributed by atoms with E-state index in [2.05, 4.69) is 46.9 Å². The largest absolute Gasteiger partial charge is 0.418 e. The van der Waals surface area contributed by atoms with Gasteiger partial charge in [-0.1, -0.05) is 6.08 Å². The number of alkyl halides is 6. The monoisotopic (exact) mass is 561 g/mol. The number of fused-ring (bicyclic) bond motifs is 1. The zero-order valence-corrected chi connectivity index (χ0v) is 20.7. The van der Waals surface area contributed by atoms with Gasteiger partial charge in [-0.2, -0.15) is 26.3 Å². The van der Waals surface area contributed by atoms with Gasteiger partial charge in [0, 0.05) is 45.1 Å². The van der Waals surface area contributed by atoms with Crippen molar-refractivity contribution >= 4 is 28.5 Å². The van der Waals surface area contributed by atoms with Crippen molar-refractivity contribution in [2.24, 2.45) is 0 Å². The topological polar surface area (TPSA) is 95.8 Å². The first-order valence-corrected chi connectivity index (χ1v) is 12.0. The third-order valence-electron chi connectivity index (χ3n) is 6.21. The van der Waals surface area contributed by atoms with Gasteiger partial charge in [0.1, 0.15) is 22.7 Å². The van der Waals surface area contributed by atoms with Gasteiger partial charge in [-0.25, -0.2) is 19.9 Å². The molecule has 208 valence electrons. The first-order valence-electron chi connectivity index (χ1n) is 12.0. The van der Waals surface area contributed by atoms with Crippen LogP contribution in [0.5, 0.6) is 0 Å². The Morgan fingerprint density at radius 2 is 1.68 bits per heavy atom. The molecule has 0 atom stereocenters. The first-order chi connectivity index (χ1) is 19.0. The van der Waals surface area contributed by atoms with Gasteiger partial charge in [0.05, 0.1) is 23.0 Å². The highest BCUT2D eigenvalue weighted by atomic mass is 19.4. The molecule has 40 heavy (non-hydrogen) atoms. The molecule has 5 heterocycles. The molecule has 0 spiro atoms. The number of nitrogens with one attached hydrogen (secondary N) is 1. The molecule has 4 aromatic heterocycles. The van der Waals surface area contributed by atoms with Crippen molar-refractivity contribution < 1.29 is 26.3 Å². The van der Waals surface area contributed by atoms with Gasteiger partial charge in [-0.3, -0.25) is 4.90 Å². The summed E-state index contributed by atoms with van der Waals surface area (Å²) >= 11 is 0. The van der Waals surface area contributed by atoms with E-state index >= 15 is 0 Å². The molecule has 0 radical (unpaired) electrons. The SMILES string of the molecule is C=CCN1CCN(c2cc(C(F)(F)F)c(-c3cnc4c(Nc5ccc(C(F)(F)F)cn5)ccnc4n3)nn2)CC1. The summed E-state index contributed by atoms with van der Waals surface area (Å²) in [5.41, 5.74) is -2.15. The average molecular weight is 561 g/mol. The van der Waals surface area contributed by atoms with Crippen LogP contribution >= 0.6 is 0 Å². The number of piperazine rings is 1. The second-order valence-electron chi connectivity index (χ2n) is 8.88. The van der Waals surface area contributed by atoms with Gasteiger partial charge >= 0.3 is 12.4 Å². The first kappa shape index (κ1) is 27.2. The van der Waals surface area contributed by atoms with Crippen LogP contribution in [0.25, 0.3) is 22.6 Å². The van der Waals surface area contributed by atoms with E-state index in [-0.39, 0.29) is 28.5 Å². The second kappa shape index (κ2) is 10.6. The Morgan fingerprint density at radius 3 is 2.33 bits per heavy atom. The molecular weight excluding hydrogens is 540 g/mol. The smallest absolute Gasteiger partial charge is 0.353 e. The lowest BCUT2D eigenvalue weighted by atomic mass is 10.1. The molecule has 0 amide bonds. The number of halogens is 6. The lowest BCUT2D eigenvalue weighted by molar-refractivity contribution is -0.138. The molecule has 1 aliphatic heterocycles. The van der Waals surface area contributed by atoms with Gasteiger partial charge in [0.15, 0.2) is 11.5 Å². The Balaban J connectivity index is 1.44. The van der Waals surface area contributed by atoms with Crippen molar-refractivity contribution in [2.45, 2.75) is 12.4 Å². The highest BCUT2D eigenvalue weighted by Gasteiger charge is 2.37. The average Bonchev–Trinajstić information content (AvgIpc) is 2.92. The molecule has 0 unspecified atom stereocenters. The summed E-state index contributed by atoms with van der Waals surface area (Å²) in [6.45, 7) is 6.67. The minimum absolute atomic E-state index is 0.00764. The predicted octanol–water partition coefficient (Wildman–Crippen LogP) is 4.97. The Morgan fingerprint density at radius 1 is 0.900 bits per heavy atom. The number of pyridine rings is 2. The maximum Gasteiger partial charge on any atom is 0.418 e. The van der Waals surface area contributed by atoms with E-state index in [1.54, 1.807) is 11.0 Å². The Kier molecular flexibility index (Phi) is 7.23. The summed E-state index contributed by atoms with van der Waals surface area (Å²) in [6.07, 6.45) is -4.38. The summed E-state index contributed by atoms with van der Waals surface area (Å²) in [5, 5.41) is 10.8. The summed E-state index contributed by atoms with van der Waals surface area (Å²) in [7, 11) is 0. The lowest BCUT2D eigenvalue weighted by Gasteiger charge is -2.34.